The van der Waals surface area contributed by atoms with Crippen LogP contribution < -0.4 is 11.1 Å². The Hall–Kier alpha value is -2.28. The Balaban J connectivity index is 1.83. The second kappa shape index (κ2) is 11.0. The third-order valence-corrected chi connectivity index (χ3v) is 7.93. The van der Waals surface area contributed by atoms with Gasteiger partial charge in [-0.2, -0.15) is 11.8 Å². The van der Waals surface area contributed by atoms with E-state index in [1.165, 1.54) is 23.5 Å². The first-order chi connectivity index (χ1) is 16.4. The van der Waals surface area contributed by atoms with Crippen LogP contribution in [0.25, 0.3) is 0 Å². The lowest BCUT2D eigenvalue weighted by molar-refractivity contribution is -0.139. The number of nitrogens with two attached hydrogens (primary N) is 1. The van der Waals surface area contributed by atoms with E-state index < -0.39 is 29.8 Å². The predicted octanol–water partition coefficient (Wildman–Crippen LogP) is 2.86. The Bertz CT molecular complexity index is 1140. The van der Waals surface area contributed by atoms with Crippen molar-refractivity contribution in [2.24, 2.45) is 10.7 Å². The predicted molar refractivity (Wildman–Crippen MR) is 134 cm³/mol. The fourth-order valence-electron chi connectivity index (χ4n) is 3.86. The minimum atomic E-state index is -0.768. The number of hydrogen-bond acceptors (Lipinski definition) is 9. The third-order valence-electron chi connectivity index (χ3n) is 5.44. The molecule has 180 valence electrons. The van der Waals surface area contributed by atoms with Gasteiger partial charge in [-0.05, 0) is 24.6 Å². The van der Waals surface area contributed by atoms with Crippen LogP contribution in [0.15, 0.2) is 50.5 Å². The maximum atomic E-state index is 13.9. The Kier molecular flexibility index (Phi) is 8.02. The van der Waals surface area contributed by atoms with Crippen LogP contribution in [-0.2, 0) is 14.3 Å². The maximum absolute atomic E-state index is 13.9. The topological polar surface area (TPSA) is 110 Å². The van der Waals surface area contributed by atoms with E-state index >= 15 is 0 Å². The summed E-state index contributed by atoms with van der Waals surface area (Å²) in [4.78, 5) is 36.4. The van der Waals surface area contributed by atoms with Crippen molar-refractivity contribution in [2.45, 2.75) is 19.0 Å². The molecule has 1 aromatic carbocycles. The zero-order valence-corrected chi connectivity index (χ0v) is 21.5. The zero-order chi connectivity index (χ0) is 24.2. The monoisotopic (exact) mass is 567 g/mol. The average Bonchev–Trinajstić information content (AvgIpc) is 3.34. The molecule has 8 nitrogen and oxygen atoms in total. The molecule has 2 unspecified atom stereocenters. The van der Waals surface area contributed by atoms with Gasteiger partial charge >= 0.3 is 5.97 Å². The van der Waals surface area contributed by atoms with Crippen molar-refractivity contribution >= 4 is 56.7 Å². The van der Waals surface area contributed by atoms with E-state index in [-0.39, 0.29) is 13.2 Å². The number of carbonyl (C=O) groups is 2. The molecule has 2 aliphatic rings. The van der Waals surface area contributed by atoms with Crippen molar-refractivity contribution in [1.29, 1.82) is 0 Å². The summed E-state index contributed by atoms with van der Waals surface area (Å²) < 4.78 is 19.7. The van der Waals surface area contributed by atoms with Crippen molar-refractivity contribution < 1.29 is 18.7 Å². The molecule has 0 aliphatic carbocycles. The minimum Gasteiger partial charge on any atom is -0.463 e. The molecule has 1 saturated heterocycles. The van der Waals surface area contributed by atoms with Crippen molar-refractivity contribution in [1.82, 2.24) is 15.2 Å². The van der Waals surface area contributed by atoms with Crippen molar-refractivity contribution in [3.05, 3.63) is 61.9 Å². The fourth-order valence-corrected chi connectivity index (χ4v) is 6.14. The molecule has 1 aromatic heterocycles. The SMILES string of the molecule is CCOC(=O)C1=C(CN2CCSCC2C(N)=O)NC(c2nccs2)=NC1c1ccc(F)cc1Br. The molecule has 0 spiro atoms. The van der Waals surface area contributed by atoms with E-state index in [4.69, 9.17) is 15.5 Å². The number of amidine groups is 1. The summed E-state index contributed by atoms with van der Waals surface area (Å²) in [6.07, 6.45) is 1.67. The molecule has 2 aliphatic heterocycles. The molecular formula is C22H23BrFN5O3S2. The number of amides is 1. The molecular weight excluding hydrogens is 545 g/mol. The lowest BCUT2D eigenvalue weighted by Crippen LogP contribution is -2.52. The number of benzene rings is 1. The van der Waals surface area contributed by atoms with Gasteiger partial charge in [-0.15, -0.1) is 11.3 Å². The van der Waals surface area contributed by atoms with Crippen LogP contribution in [0.3, 0.4) is 0 Å². The summed E-state index contributed by atoms with van der Waals surface area (Å²) in [5.74, 6) is 0.555. The fraction of sp³-hybridized carbons (Fsp3) is 0.364. The van der Waals surface area contributed by atoms with Crippen LogP contribution in [0.5, 0.6) is 0 Å². The second-order valence-electron chi connectivity index (χ2n) is 7.58. The van der Waals surface area contributed by atoms with Gasteiger partial charge in [-0.25, -0.2) is 14.2 Å². The molecule has 4 rings (SSSR count). The highest BCUT2D eigenvalue weighted by atomic mass is 79.9. The number of halogens is 2. The number of nitrogens with one attached hydrogen (secondary N) is 1. The highest BCUT2D eigenvalue weighted by molar-refractivity contribution is 9.10. The largest absolute Gasteiger partial charge is 0.463 e. The number of carbonyl (C=O) groups excluding carboxylic acids is 2. The standard InChI is InChI=1S/C22H23BrFN5O3S2/c1-2-32-22(31)17-15(10-29-6-8-33-11-16(29)19(25)30)27-20(21-26-5-7-34-21)28-18(17)13-4-3-12(24)9-14(13)23/h3-5,7,9,16,18H,2,6,8,10-11H2,1H3,(H2,25,30)(H,27,28). The average molecular weight is 568 g/mol. The Morgan fingerprint density at radius 3 is 2.91 bits per heavy atom. The van der Waals surface area contributed by atoms with Crippen LogP contribution in [-0.4, -0.2) is 64.8 Å². The zero-order valence-electron chi connectivity index (χ0n) is 18.3. The highest BCUT2D eigenvalue weighted by Gasteiger charge is 2.36. The second-order valence-corrected chi connectivity index (χ2v) is 10.5. The van der Waals surface area contributed by atoms with Gasteiger partial charge in [-0.1, -0.05) is 22.0 Å². The van der Waals surface area contributed by atoms with Gasteiger partial charge < -0.3 is 15.8 Å². The van der Waals surface area contributed by atoms with Gasteiger partial charge in [0.2, 0.25) is 5.91 Å². The number of rotatable bonds is 7. The number of thiazole rings is 1. The van der Waals surface area contributed by atoms with Crippen LogP contribution in [0.1, 0.15) is 23.5 Å². The smallest absolute Gasteiger partial charge is 0.338 e. The van der Waals surface area contributed by atoms with Crippen LogP contribution in [0.4, 0.5) is 4.39 Å². The first-order valence-corrected chi connectivity index (χ1v) is 13.4. The third kappa shape index (κ3) is 5.35. The Labute approximate surface area is 213 Å². The summed E-state index contributed by atoms with van der Waals surface area (Å²) >= 11 is 6.49. The van der Waals surface area contributed by atoms with Gasteiger partial charge in [0.1, 0.15) is 11.9 Å². The van der Waals surface area contributed by atoms with E-state index in [2.05, 4.69) is 26.2 Å². The lowest BCUT2D eigenvalue weighted by atomic mass is 9.95. The number of hydrogen-bond donors (Lipinski definition) is 2. The Morgan fingerprint density at radius 1 is 1.41 bits per heavy atom. The van der Waals surface area contributed by atoms with E-state index in [9.17, 15) is 14.0 Å². The molecule has 3 N–H and O–H groups in total. The number of thioether (sulfide) groups is 1. The van der Waals surface area contributed by atoms with Gasteiger partial charge in [-0.3, -0.25) is 14.7 Å². The molecule has 3 heterocycles. The summed E-state index contributed by atoms with van der Waals surface area (Å²) in [5.41, 5.74) is 7.13. The summed E-state index contributed by atoms with van der Waals surface area (Å²) in [6.45, 7) is 2.81. The molecule has 2 aromatic rings. The van der Waals surface area contributed by atoms with Gasteiger partial charge in [0, 0.05) is 46.3 Å². The number of nitrogens with zero attached hydrogens (tertiary/aromatic N) is 3. The van der Waals surface area contributed by atoms with Crippen molar-refractivity contribution in [2.75, 3.05) is 31.2 Å². The van der Waals surface area contributed by atoms with Crippen molar-refractivity contribution in [3.8, 4) is 0 Å². The van der Waals surface area contributed by atoms with Gasteiger partial charge in [0.15, 0.2) is 10.8 Å². The molecule has 0 radical (unpaired) electrons. The van der Waals surface area contributed by atoms with Crippen LogP contribution in [0.2, 0.25) is 0 Å². The van der Waals surface area contributed by atoms with E-state index in [1.807, 2.05) is 10.3 Å². The molecule has 34 heavy (non-hydrogen) atoms. The lowest BCUT2D eigenvalue weighted by Gasteiger charge is -2.36. The molecule has 0 saturated carbocycles. The molecule has 12 heteroatoms. The van der Waals surface area contributed by atoms with E-state index in [1.54, 1.807) is 30.9 Å². The van der Waals surface area contributed by atoms with Gasteiger partial charge in [0.25, 0.3) is 0 Å². The van der Waals surface area contributed by atoms with Crippen molar-refractivity contribution in [3.63, 3.8) is 0 Å². The quantitative estimate of drug-likeness (QED) is 0.495. The summed E-state index contributed by atoms with van der Waals surface area (Å²) in [7, 11) is 0. The van der Waals surface area contributed by atoms with E-state index in [0.29, 0.717) is 44.4 Å². The molecule has 0 bridgehead atoms. The van der Waals surface area contributed by atoms with E-state index in [0.717, 1.165) is 5.75 Å². The number of ether oxygens (including phenoxy) is 1. The number of primary amides is 1. The number of aliphatic imine (C=N–C) groups is 1. The molecule has 1 fully saturated rings. The highest BCUT2D eigenvalue weighted by Crippen LogP contribution is 2.37. The van der Waals surface area contributed by atoms with Crippen LogP contribution in [0, 0.1) is 5.82 Å². The van der Waals surface area contributed by atoms with Crippen LogP contribution >= 0.6 is 39.0 Å². The first-order valence-electron chi connectivity index (χ1n) is 10.6. The Morgan fingerprint density at radius 2 is 2.24 bits per heavy atom. The maximum Gasteiger partial charge on any atom is 0.338 e. The minimum absolute atomic E-state index is 0.181. The summed E-state index contributed by atoms with van der Waals surface area (Å²) in [5, 5.41) is 5.74. The van der Waals surface area contributed by atoms with Gasteiger partial charge in [0.05, 0.1) is 18.2 Å². The summed E-state index contributed by atoms with van der Waals surface area (Å²) in [6, 6.07) is 3.03. The molecule has 1 amide bonds. The number of esters is 1. The number of aromatic nitrogens is 1. The normalized spacial score (nSPS) is 21.1. The first kappa shape index (κ1) is 24.8. The molecule has 2 atom stereocenters.